The van der Waals surface area contributed by atoms with Gasteiger partial charge in [0.25, 0.3) is 0 Å². The molecule has 3 amide bonds. The Balaban J connectivity index is 1.21. The first kappa shape index (κ1) is 38.5. The lowest BCUT2D eigenvalue weighted by Crippen LogP contribution is -2.45. The first-order chi connectivity index (χ1) is 25.2. The molecule has 0 saturated heterocycles. The SMILES string of the molecule is COc1cc2c(Oc3ccc(NC(=O)Nc4ccc(C(F)(F)F)cc4)cc3)ccnc2cc1OCCC(NC(=O)OC(C)(C)C)C(=O)OC1CCCC1. The summed E-state index contributed by atoms with van der Waals surface area (Å²) in [6.07, 6.45) is -0.190. The predicted molar refractivity (Wildman–Crippen MR) is 191 cm³/mol. The topological polar surface area (TPSA) is 146 Å². The minimum Gasteiger partial charge on any atom is -0.493 e. The Morgan fingerprint density at radius 3 is 2.11 bits per heavy atom. The number of urea groups is 1. The number of hydrogen-bond acceptors (Lipinski definition) is 9. The highest BCUT2D eigenvalue weighted by Gasteiger charge is 2.31. The molecule has 1 heterocycles. The molecule has 1 aromatic heterocycles. The van der Waals surface area contributed by atoms with Crippen molar-refractivity contribution in [2.75, 3.05) is 24.4 Å². The lowest BCUT2D eigenvalue weighted by Gasteiger charge is -2.24. The van der Waals surface area contributed by atoms with Gasteiger partial charge in [-0.15, -0.1) is 0 Å². The summed E-state index contributed by atoms with van der Waals surface area (Å²) < 4.78 is 67.2. The number of methoxy groups -OCH3 is 1. The number of aromatic nitrogens is 1. The number of nitrogens with zero attached hydrogens (tertiary/aromatic N) is 1. The molecule has 1 saturated carbocycles. The zero-order valence-corrected chi connectivity index (χ0v) is 29.7. The van der Waals surface area contributed by atoms with Crippen LogP contribution in [0.3, 0.4) is 0 Å². The number of fused-ring (bicyclic) bond motifs is 1. The fourth-order valence-electron chi connectivity index (χ4n) is 5.50. The van der Waals surface area contributed by atoms with E-state index in [0.717, 1.165) is 37.8 Å². The number of benzene rings is 3. The number of ether oxygens (including phenoxy) is 5. The van der Waals surface area contributed by atoms with Gasteiger partial charge in [-0.2, -0.15) is 13.2 Å². The fraction of sp³-hybridized carbons (Fsp3) is 0.368. The van der Waals surface area contributed by atoms with Gasteiger partial charge in [-0.25, -0.2) is 14.4 Å². The average Bonchev–Trinajstić information content (AvgIpc) is 3.60. The molecule has 15 heteroatoms. The number of alkyl halides is 3. The second kappa shape index (κ2) is 16.7. The highest BCUT2D eigenvalue weighted by atomic mass is 19.4. The molecule has 0 bridgehead atoms. The zero-order valence-electron chi connectivity index (χ0n) is 29.7. The summed E-state index contributed by atoms with van der Waals surface area (Å²) in [6.45, 7) is 5.22. The van der Waals surface area contributed by atoms with Gasteiger partial charge in [-0.3, -0.25) is 4.98 Å². The van der Waals surface area contributed by atoms with E-state index in [2.05, 4.69) is 20.9 Å². The predicted octanol–water partition coefficient (Wildman–Crippen LogP) is 8.85. The van der Waals surface area contributed by atoms with Crippen LogP contribution in [0.2, 0.25) is 0 Å². The molecule has 1 unspecified atom stereocenters. The largest absolute Gasteiger partial charge is 0.493 e. The van der Waals surface area contributed by atoms with Crippen LogP contribution in [0.15, 0.2) is 72.9 Å². The molecule has 0 radical (unpaired) electrons. The maximum atomic E-state index is 13.0. The number of nitrogens with one attached hydrogen (secondary N) is 3. The van der Waals surface area contributed by atoms with Gasteiger partial charge in [-0.05, 0) is 107 Å². The van der Waals surface area contributed by atoms with E-state index >= 15 is 0 Å². The summed E-state index contributed by atoms with van der Waals surface area (Å²) in [4.78, 5) is 42.4. The molecule has 12 nitrogen and oxygen atoms in total. The van der Waals surface area contributed by atoms with Crippen molar-refractivity contribution < 1.29 is 51.2 Å². The van der Waals surface area contributed by atoms with E-state index in [1.807, 2.05) is 0 Å². The van der Waals surface area contributed by atoms with E-state index < -0.39 is 41.5 Å². The number of rotatable bonds is 12. The quantitative estimate of drug-likeness (QED) is 0.121. The highest BCUT2D eigenvalue weighted by molar-refractivity contribution is 5.99. The monoisotopic (exact) mass is 738 g/mol. The summed E-state index contributed by atoms with van der Waals surface area (Å²) in [5.41, 5.74) is -0.429. The van der Waals surface area contributed by atoms with Crippen LogP contribution in [0.5, 0.6) is 23.0 Å². The van der Waals surface area contributed by atoms with Crippen LogP contribution in [0.4, 0.5) is 34.1 Å². The van der Waals surface area contributed by atoms with Crippen molar-refractivity contribution in [1.29, 1.82) is 0 Å². The summed E-state index contributed by atoms with van der Waals surface area (Å²) in [5, 5.41) is 8.34. The van der Waals surface area contributed by atoms with Gasteiger partial charge in [0.2, 0.25) is 0 Å². The van der Waals surface area contributed by atoms with Gasteiger partial charge in [-0.1, -0.05) is 0 Å². The maximum Gasteiger partial charge on any atom is 0.416 e. The summed E-state index contributed by atoms with van der Waals surface area (Å²) in [6, 6.07) is 14.0. The Hall–Kier alpha value is -5.73. The number of carbonyl (C=O) groups excluding carboxylic acids is 3. The van der Waals surface area contributed by atoms with E-state index in [-0.39, 0.29) is 24.8 Å². The average molecular weight is 739 g/mol. The lowest BCUT2D eigenvalue weighted by molar-refractivity contribution is -0.151. The van der Waals surface area contributed by atoms with Crippen molar-refractivity contribution in [1.82, 2.24) is 10.3 Å². The van der Waals surface area contributed by atoms with Crippen LogP contribution in [0.1, 0.15) is 58.4 Å². The van der Waals surface area contributed by atoms with Gasteiger partial charge >= 0.3 is 24.3 Å². The molecule has 1 fully saturated rings. The minimum atomic E-state index is -4.47. The van der Waals surface area contributed by atoms with Crippen LogP contribution < -0.4 is 30.2 Å². The smallest absolute Gasteiger partial charge is 0.416 e. The normalized spacial score (nSPS) is 13.9. The van der Waals surface area contributed by atoms with Crippen molar-refractivity contribution >= 4 is 40.4 Å². The van der Waals surface area contributed by atoms with Crippen LogP contribution in [0.25, 0.3) is 10.9 Å². The molecule has 3 aromatic carbocycles. The number of halogens is 3. The van der Waals surface area contributed by atoms with Crippen LogP contribution in [-0.4, -0.2) is 54.5 Å². The molecule has 1 aliphatic rings. The van der Waals surface area contributed by atoms with E-state index in [0.29, 0.717) is 39.6 Å². The standard InChI is InChI=1S/C38H41F3N4O8/c1-37(2,3)53-36(48)45-29(34(46)52-26-7-5-6-8-26)18-20-50-33-22-30-28(21-32(33)49-4)31(17-19-42-30)51-27-15-13-25(14-16-27)44-35(47)43-24-11-9-23(10-12-24)38(39,40)41/h9-17,19,21-22,26,29H,5-8,18,20H2,1-4H3,(H,45,48)(H2,43,44,47). The van der Waals surface area contributed by atoms with Crippen molar-refractivity contribution in [2.24, 2.45) is 0 Å². The maximum absolute atomic E-state index is 13.0. The molecule has 1 atom stereocenters. The molecule has 0 aliphatic heterocycles. The van der Waals surface area contributed by atoms with Crippen molar-refractivity contribution in [2.45, 2.75) is 76.8 Å². The number of carbonyl (C=O) groups is 3. The van der Waals surface area contributed by atoms with E-state index in [4.69, 9.17) is 23.7 Å². The molecule has 4 aromatic rings. The lowest BCUT2D eigenvalue weighted by atomic mass is 10.1. The Morgan fingerprint density at radius 1 is 0.868 bits per heavy atom. The summed E-state index contributed by atoms with van der Waals surface area (Å²) in [5.74, 6) is 1.08. The van der Waals surface area contributed by atoms with Crippen molar-refractivity contribution in [3.05, 3.63) is 78.5 Å². The van der Waals surface area contributed by atoms with Gasteiger partial charge in [0.05, 0.1) is 24.8 Å². The molecule has 5 rings (SSSR count). The zero-order chi connectivity index (χ0) is 38.2. The molecule has 3 N–H and O–H groups in total. The van der Waals surface area contributed by atoms with Gasteiger partial charge in [0.15, 0.2) is 11.5 Å². The summed E-state index contributed by atoms with van der Waals surface area (Å²) >= 11 is 0. The number of alkyl carbamates (subject to hydrolysis) is 1. The molecule has 1 aliphatic carbocycles. The second-order valence-electron chi connectivity index (χ2n) is 13.3. The Labute approximate surface area is 304 Å². The Morgan fingerprint density at radius 2 is 1.51 bits per heavy atom. The third-order valence-electron chi connectivity index (χ3n) is 8.02. The van der Waals surface area contributed by atoms with E-state index in [1.165, 1.54) is 19.2 Å². The third-order valence-corrected chi connectivity index (χ3v) is 8.02. The Kier molecular flexibility index (Phi) is 12.2. The van der Waals surface area contributed by atoms with Crippen LogP contribution >= 0.6 is 0 Å². The first-order valence-electron chi connectivity index (χ1n) is 17.0. The molecular formula is C38H41F3N4O8. The minimum absolute atomic E-state index is 0.0288. The molecule has 282 valence electrons. The van der Waals surface area contributed by atoms with Gasteiger partial charge in [0.1, 0.15) is 29.2 Å². The number of anilines is 2. The molecule has 53 heavy (non-hydrogen) atoms. The second-order valence-corrected chi connectivity index (χ2v) is 13.3. The fourth-order valence-corrected chi connectivity index (χ4v) is 5.50. The number of pyridine rings is 1. The van der Waals surface area contributed by atoms with E-state index in [9.17, 15) is 27.6 Å². The van der Waals surface area contributed by atoms with Crippen LogP contribution in [-0.2, 0) is 20.4 Å². The molecule has 0 spiro atoms. The van der Waals surface area contributed by atoms with Crippen LogP contribution in [0, 0.1) is 0 Å². The molecular weight excluding hydrogens is 697 g/mol. The number of amides is 3. The third kappa shape index (κ3) is 11.1. The van der Waals surface area contributed by atoms with Gasteiger partial charge < -0.3 is 39.6 Å². The highest BCUT2D eigenvalue weighted by Crippen LogP contribution is 2.37. The Bertz CT molecular complexity index is 1890. The van der Waals surface area contributed by atoms with Gasteiger partial charge in [0, 0.05) is 35.4 Å². The van der Waals surface area contributed by atoms with Crippen molar-refractivity contribution in [3.8, 4) is 23.0 Å². The number of esters is 1. The summed E-state index contributed by atoms with van der Waals surface area (Å²) in [7, 11) is 1.48. The van der Waals surface area contributed by atoms with Crippen molar-refractivity contribution in [3.63, 3.8) is 0 Å². The first-order valence-corrected chi connectivity index (χ1v) is 17.0. The van der Waals surface area contributed by atoms with E-state index in [1.54, 1.807) is 69.4 Å². The number of hydrogen-bond donors (Lipinski definition) is 3.